The van der Waals surface area contributed by atoms with Crippen molar-refractivity contribution in [2.75, 3.05) is 0 Å². The van der Waals surface area contributed by atoms with Gasteiger partial charge in [-0.3, -0.25) is 4.79 Å². The van der Waals surface area contributed by atoms with E-state index in [0.717, 1.165) is 21.9 Å². The van der Waals surface area contributed by atoms with Crippen molar-refractivity contribution in [3.05, 3.63) is 113 Å². The minimum absolute atomic E-state index is 0.269. The average Bonchev–Trinajstić information content (AvgIpc) is 2.80. The van der Waals surface area contributed by atoms with Crippen LogP contribution in [0, 0.1) is 6.92 Å². The molecule has 0 unspecified atom stereocenters. The van der Waals surface area contributed by atoms with Crippen LogP contribution in [-0.2, 0) is 0 Å². The van der Waals surface area contributed by atoms with E-state index in [1.807, 2.05) is 61.5 Å². The van der Waals surface area contributed by atoms with Gasteiger partial charge >= 0.3 is 5.97 Å². The van der Waals surface area contributed by atoms with Crippen LogP contribution in [0.3, 0.4) is 0 Å². The van der Waals surface area contributed by atoms with Crippen molar-refractivity contribution in [1.29, 1.82) is 0 Å². The number of fused-ring (bicyclic) bond motifs is 1. The number of nitrogens with zero attached hydrogens (tertiary/aromatic N) is 1. The number of benzene rings is 4. The van der Waals surface area contributed by atoms with Gasteiger partial charge in [-0.2, -0.15) is 5.10 Å². The molecule has 4 rings (SSSR count). The van der Waals surface area contributed by atoms with Gasteiger partial charge in [-0.15, -0.1) is 0 Å². The van der Waals surface area contributed by atoms with E-state index >= 15 is 0 Å². The summed E-state index contributed by atoms with van der Waals surface area (Å²) in [7, 11) is 0. The van der Waals surface area contributed by atoms with Crippen LogP contribution in [0.1, 0.15) is 31.8 Å². The summed E-state index contributed by atoms with van der Waals surface area (Å²) in [5.74, 6) is -0.252. The van der Waals surface area contributed by atoms with E-state index in [9.17, 15) is 9.59 Å². The third-order valence-corrected chi connectivity index (χ3v) is 4.87. The Bertz CT molecular complexity index is 1270. The van der Waals surface area contributed by atoms with Crippen molar-refractivity contribution < 1.29 is 14.3 Å². The summed E-state index contributed by atoms with van der Waals surface area (Å²) in [5.41, 5.74) is 5.26. The van der Waals surface area contributed by atoms with E-state index in [-0.39, 0.29) is 5.91 Å². The summed E-state index contributed by atoms with van der Waals surface area (Å²) in [6.45, 7) is 1.87. The summed E-state index contributed by atoms with van der Waals surface area (Å²) in [5, 5.41) is 5.83. The molecule has 5 heteroatoms. The maximum atomic E-state index is 12.6. The highest BCUT2D eigenvalue weighted by molar-refractivity contribution is 6.05. The Morgan fingerprint density at radius 3 is 2.29 bits per heavy atom. The van der Waals surface area contributed by atoms with Crippen molar-refractivity contribution in [2.24, 2.45) is 5.10 Å². The molecule has 1 amide bonds. The number of hydrazone groups is 1. The monoisotopic (exact) mass is 408 g/mol. The third kappa shape index (κ3) is 4.67. The molecule has 0 aromatic heterocycles. The van der Waals surface area contributed by atoms with Gasteiger partial charge in [0, 0.05) is 5.56 Å². The molecular weight excluding hydrogens is 388 g/mol. The first kappa shape index (κ1) is 20.0. The second-order valence-corrected chi connectivity index (χ2v) is 7.00. The van der Waals surface area contributed by atoms with Crippen LogP contribution in [0.4, 0.5) is 0 Å². The first-order valence-corrected chi connectivity index (χ1v) is 9.81. The van der Waals surface area contributed by atoms with Crippen molar-refractivity contribution in [3.63, 3.8) is 0 Å². The number of carbonyl (C=O) groups excluding carboxylic acids is 2. The highest BCUT2D eigenvalue weighted by atomic mass is 16.5. The molecule has 5 nitrogen and oxygen atoms in total. The third-order valence-electron chi connectivity index (χ3n) is 4.87. The van der Waals surface area contributed by atoms with Crippen LogP contribution in [0.2, 0.25) is 0 Å². The Labute approximate surface area is 180 Å². The maximum Gasteiger partial charge on any atom is 0.344 e. The van der Waals surface area contributed by atoms with E-state index in [1.54, 1.807) is 36.4 Å². The molecule has 0 aliphatic heterocycles. The Balaban J connectivity index is 1.40. The lowest BCUT2D eigenvalue weighted by Crippen LogP contribution is -2.18. The molecule has 4 aromatic rings. The molecule has 0 saturated carbocycles. The zero-order valence-corrected chi connectivity index (χ0v) is 16.9. The lowest BCUT2D eigenvalue weighted by Gasteiger charge is -2.07. The predicted molar refractivity (Wildman–Crippen MR) is 122 cm³/mol. The number of hydrogen-bond acceptors (Lipinski definition) is 4. The molecule has 1 N–H and O–H groups in total. The number of hydrogen-bond donors (Lipinski definition) is 1. The molecular formula is C26H20N2O3. The summed E-state index contributed by atoms with van der Waals surface area (Å²) < 4.78 is 5.52. The maximum absolute atomic E-state index is 12.6. The highest BCUT2D eigenvalue weighted by Crippen LogP contribution is 2.21. The average molecular weight is 408 g/mol. The molecule has 0 atom stereocenters. The molecule has 0 spiro atoms. The predicted octanol–water partition coefficient (Wildman–Crippen LogP) is 5.13. The van der Waals surface area contributed by atoms with Crippen LogP contribution in [0.15, 0.2) is 96.1 Å². The van der Waals surface area contributed by atoms with Crippen LogP contribution in [0.25, 0.3) is 10.8 Å². The first-order chi connectivity index (χ1) is 15.1. The number of aryl methyl sites for hydroxylation is 1. The van der Waals surface area contributed by atoms with Crippen LogP contribution in [0.5, 0.6) is 5.75 Å². The number of esters is 1. The fourth-order valence-electron chi connectivity index (χ4n) is 3.24. The van der Waals surface area contributed by atoms with Crippen molar-refractivity contribution >= 4 is 28.9 Å². The fourth-order valence-corrected chi connectivity index (χ4v) is 3.24. The summed E-state index contributed by atoms with van der Waals surface area (Å²) in [6.07, 6.45) is 1.53. The van der Waals surface area contributed by atoms with Gasteiger partial charge < -0.3 is 4.74 Å². The van der Waals surface area contributed by atoms with Crippen molar-refractivity contribution in [1.82, 2.24) is 5.43 Å². The molecule has 0 saturated heterocycles. The first-order valence-electron chi connectivity index (χ1n) is 9.81. The van der Waals surface area contributed by atoms with Crippen LogP contribution in [-0.4, -0.2) is 18.1 Å². The van der Waals surface area contributed by atoms with E-state index in [4.69, 9.17) is 4.74 Å². The Morgan fingerprint density at radius 2 is 1.48 bits per heavy atom. The topological polar surface area (TPSA) is 67.8 Å². The largest absolute Gasteiger partial charge is 0.423 e. The zero-order chi connectivity index (χ0) is 21.6. The molecule has 0 fully saturated rings. The molecule has 31 heavy (non-hydrogen) atoms. The molecule has 4 aromatic carbocycles. The number of amides is 1. The summed E-state index contributed by atoms with van der Waals surface area (Å²) in [4.78, 5) is 24.8. The summed E-state index contributed by atoms with van der Waals surface area (Å²) >= 11 is 0. The molecule has 0 bridgehead atoms. The number of ether oxygens (including phenoxy) is 1. The van der Waals surface area contributed by atoms with E-state index in [0.29, 0.717) is 16.9 Å². The van der Waals surface area contributed by atoms with Gasteiger partial charge in [0.15, 0.2) is 0 Å². The lowest BCUT2D eigenvalue weighted by molar-refractivity contribution is 0.0736. The van der Waals surface area contributed by atoms with Crippen molar-refractivity contribution in [2.45, 2.75) is 6.92 Å². The summed E-state index contributed by atoms with van der Waals surface area (Å²) in [6, 6.07) is 27.4. The van der Waals surface area contributed by atoms with E-state index in [2.05, 4.69) is 10.5 Å². The Morgan fingerprint density at radius 1 is 0.806 bits per heavy atom. The molecule has 0 aliphatic carbocycles. The SMILES string of the molecule is Cc1ccccc1C(=O)N/N=C\c1ccc(OC(=O)c2cccc3ccccc23)cc1. The van der Waals surface area contributed by atoms with Crippen LogP contribution < -0.4 is 10.2 Å². The normalized spacial score (nSPS) is 10.9. The standard InChI is InChI=1S/C26H20N2O3/c1-18-7-2-4-10-22(18)25(29)28-27-17-19-13-15-21(16-14-19)31-26(30)24-12-6-9-20-8-3-5-11-23(20)24/h2-17H,1H3,(H,28,29)/b27-17-. The molecule has 0 aliphatic rings. The molecule has 152 valence electrons. The van der Waals surface area contributed by atoms with Gasteiger partial charge in [0.25, 0.3) is 5.91 Å². The van der Waals surface area contributed by atoms with Gasteiger partial charge in [0.05, 0.1) is 11.8 Å². The number of nitrogens with one attached hydrogen (secondary N) is 1. The van der Waals surface area contributed by atoms with Gasteiger partial charge in [-0.1, -0.05) is 54.6 Å². The minimum Gasteiger partial charge on any atom is -0.423 e. The highest BCUT2D eigenvalue weighted by Gasteiger charge is 2.12. The lowest BCUT2D eigenvalue weighted by atomic mass is 10.0. The minimum atomic E-state index is -0.413. The van der Waals surface area contributed by atoms with Gasteiger partial charge in [-0.25, -0.2) is 10.2 Å². The quantitative estimate of drug-likeness (QED) is 0.215. The van der Waals surface area contributed by atoms with Gasteiger partial charge in [-0.05, 0) is 65.2 Å². The second kappa shape index (κ2) is 9.05. The Hall–Kier alpha value is -4.25. The van der Waals surface area contributed by atoms with Crippen molar-refractivity contribution in [3.8, 4) is 5.75 Å². The van der Waals surface area contributed by atoms with Gasteiger partial charge in [0.2, 0.25) is 0 Å². The molecule has 0 heterocycles. The number of carbonyl (C=O) groups is 2. The van der Waals surface area contributed by atoms with Gasteiger partial charge in [0.1, 0.15) is 5.75 Å². The van der Waals surface area contributed by atoms with E-state index < -0.39 is 5.97 Å². The zero-order valence-electron chi connectivity index (χ0n) is 16.9. The Kier molecular flexibility index (Phi) is 5.85. The van der Waals surface area contributed by atoms with E-state index in [1.165, 1.54) is 6.21 Å². The second-order valence-electron chi connectivity index (χ2n) is 7.00. The smallest absolute Gasteiger partial charge is 0.344 e. The number of rotatable bonds is 5. The fraction of sp³-hybridized carbons (Fsp3) is 0.0385. The molecule has 0 radical (unpaired) electrons. The van der Waals surface area contributed by atoms with Crippen LogP contribution >= 0.6 is 0 Å².